The average Bonchev–Trinajstić information content (AvgIpc) is 3.27. The van der Waals surface area contributed by atoms with Crippen LogP contribution >= 0.6 is 11.8 Å². The van der Waals surface area contributed by atoms with Crippen LogP contribution in [0.15, 0.2) is 130 Å². The molecule has 0 aliphatic carbocycles. The van der Waals surface area contributed by atoms with Crippen molar-refractivity contribution in [2.75, 3.05) is 5.75 Å². The number of thioether (sulfide) groups is 1. The number of allylic oxidation sites excluding steroid dienone is 3. The number of ether oxygens (including phenoxy) is 1. The van der Waals surface area contributed by atoms with Crippen LogP contribution in [0.1, 0.15) is 24.2 Å². The maximum Gasteiger partial charge on any atom is 0.519 e. The predicted molar refractivity (Wildman–Crippen MR) is 154 cm³/mol. The molecule has 1 aromatic heterocycles. The molecule has 3 heterocycles. The van der Waals surface area contributed by atoms with Crippen molar-refractivity contribution in [3.63, 3.8) is 0 Å². The molecule has 0 bridgehead atoms. The second-order valence-electron chi connectivity index (χ2n) is 9.44. The first kappa shape index (κ1) is 26.9. The van der Waals surface area contributed by atoms with Gasteiger partial charge in [-0.25, -0.2) is 9.18 Å². The van der Waals surface area contributed by atoms with Crippen molar-refractivity contribution in [1.29, 1.82) is 0 Å². The highest BCUT2D eigenvalue weighted by Gasteiger charge is 2.38. The van der Waals surface area contributed by atoms with Crippen molar-refractivity contribution < 1.29 is 27.3 Å². The summed E-state index contributed by atoms with van der Waals surface area (Å²) < 4.78 is 45.4. The summed E-state index contributed by atoms with van der Waals surface area (Å²) in [5, 5.41) is 14.2. The Labute approximate surface area is 241 Å². The van der Waals surface area contributed by atoms with E-state index in [1.54, 1.807) is 31.2 Å². The number of rotatable bonds is 6. The van der Waals surface area contributed by atoms with Gasteiger partial charge in [-0.1, -0.05) is 66.9 Å². The van der Waals surface area contributed by atoms with E-state index in [0.29, 0.717) is 32.3 Å². The number of phenolic OH excluding ortho intramolecular Hbond substituents is 1. The molecular weight excluding hydrogens is 565 g/mol. The maximum absolute atomic E-state index is 15.5. The van der Waals surface area contributed by atoms with Gasteiger partial charge in [0.1, 0.15) is 23.9 Å². The zero-order valence-corrected chi connectivity index (χ0v) is 23.4. The number of aromatic hydroxyl groups is 1. The van der Waals surface area contributed by atoms with E-state index in [4.69, 9.17) is 13.6 Å². The summed E-state index contributed by atoms with van der Waals surface area (Å²) in [6.07, 6.45) is 0. The minimum Gasteiger partial charge on any atom is -0.508 e. The van der Waals surface area contributed by atoms with E-state index in [1.807, 2.05) is 30.3 Å². The van der Waals surface area contributed by atoms with Gasteiger partial charge in [-0.15, -0.1) is 0 Å². The lowest BCUT2D eigenvalue weighted by Gasteiger charge is -2.33. The van der Waals surface area contributed by atoms with Crippen molar-refractivity contribution >= 4 is 22.6 Å². The van der Waals surface area contributed by atoms with Crippen LogP contribution in [0, 0.1) is 5.82 Å². The van der Waals surface area contributed by atoms with Crippen LogP contribution in [-0.4, -0.2) is 15.1 Å². The van der Waals surface area contributed by atoms with E-state index in [0.717, 1.165) is 4.90 Å². The average molecular weight is 590 g/mol. The minimum absolute atomic E-state index is 0.0538. The Hall–Kier alpha value is -4.28. The largest absolute Gasteiger partial charge is 0.519 e. The van der Waals surface area contributed by atoms with Gasteiger partial charge in [0.15, 0.2) is 11.5 Å². The van der Waals surface area contributed by atoms with E-state index in [9.17, 15) is 14.1 Å². The Balaban J connectivity index is 1.40. The van der Waals surface area contributed by atoms with Crippen LogP contribution in [0.3, 0.4) is 0 Å². The topological polar surface area (TPSA) is 102 Å². The molecule has 2 aliphatic rings. The number of dihydropyridines is 1. The quantitative estimate of drug-likeness (QED) is 0.244. The normalized spacial score (nSPS) is 18.3. The summed E-state index contributed by atoms with van der Waals surface area (Å²) in [6, 6.07) is 20.5. The number of benzene rings is 3. The fraction of sp³-hybridized carbons (Fsp3) is 0.129. The van der Waals surface area contributed by atoms with Gasteiger partial charge in [0.25, 0.3) is 0 Å². The van der Waals surface area contributed by atoms with E-state index in [2.05, 4.69) is 11.9 Å². The molecule has 4 aromatic rings. The molecule has 41 heavy (non-hydrogen) atoms. The first-order valence-corrected chi connectivity index (χ1v) is 14.8. The fourth-order valence-electron chi connectivity index (χ4n) is 5.05. The molecular formula is C31H24FNO6S2. The third-order valence-corrected chi connectivity index (χ3v) is 9.66. The predicted octanol–water partition coefficient (Wildman–Crippen LogP) is 6.56. The van der Waals surface area contributed by atoms with Gasteiger partial charge in [0, 0.05) is 37.9 Å². The zero-order chi connectivity index (χ0) is 28.7. The third kappa shape index (κ3) is 5.05. The van der Waals surface area contributed by atoms with Crippen LogP contribution in [0.25, 0.3) is 11.3 Å². The van der Waals surface area contributed by atoms with Crippen LogP contribution in [0.5, 0.6) is 5.75 Å². The highest BCUT2D eigenvalue weighted by atomic mass is 32.2. The van der Waals surface area contributed by atoms with E-state index >= 15 is 4.39 Å². The highest BCUT2D eigenvalue weighted by Crippen LogP contribution is 2.52. The van der Waals surface area contributed by atoms with E-state index in [-0.39, 0.29) is 41.0 Å². The number of hydrogen-bond acceptors (Lipinski definition) is 8. The molecule has 2 N–H and O–H groups in total. The Kier molecular flexibility index (Phi) is 7.19. The Morgan fingerprint density at radius 2 is 1.88 bits per heavy atom. The van der Waals surface area contributed by atoms with Crippen LogP contribution in [-0.2, 0) is 22.1 Å². The first-order valence-electron chi connectivity index (χ1n) is 12.7. The second kappa shape index (κ2) is 10.9. The monoisotopic (exact) mass is 589 g/mol. The molecule has 2 aliphatic heterocycles. The lowest BCUT2D eigenvalue weighted by Crippen LogP contribution is -2.28. The third-order valence-electron chi connectivity index (χ3n) is 6.86. The highest BCUT2D eigenvalue weighted by molar-refractivity contribution is 8.03. The molecule has 0 amide bonds. The van der Waals surface area contributed by atoms with Crippen LogP contribution < -0.4 is 11.1 Å². The minimum atomic E-state index is -1.34. The van der Waals surface area contributed by atoms with Gasteiger partial charge in [-0.3, -0.25) is 4.21 Å². The Bertz CT molecular complexity index is 1800. The molecule has 0 saturated heterocycles. The van der Waals surface area contributed by atoms with Gasteiger partial charge < -0.3 is 24.0 Å². The van der Waals surface area contributed by atoms with Crippen molar-refractivity contribution in [3.8, 4) is 17.1 Å². The zero-order valence-electron chi connectivity index (χ0n) is 21.8. The van der Waals surface area contributed by atoms with Gasteiger partial charge in [-0.2, -0.15) is 0 Å². The summed E-state index contributed by atoms with van der Waals surface area (Å²) in [6.45, 7) is 5.74. The summed E-state index contributed by atoms with van der Waals surface area (Å²) in [4.78, 5) is 14.1. The van der Waals surface area contributed by atoms with Crippen LogP contribution in [0.2, 0.25) is 0 Å². The second-order valence-corrected chi connectivity index (χ2v) is 11.9. The summed E-state index contributed by atoms with van der Waals surface area (Å²) in [5.41, 5.74) is 2.45. The molecule has 0 saturated carbocycles. The SMILES string of the molecule is C=C(OCc1oc(=O)oc1-c1ccccc1)C1=C(C)NC2=C(Sc3ccccc3S(=O)C2)C1c1c(O)cccc1F. The van der Waals surface area contributed by atoms with Crippen molar-refractivity contribution in [2.45, 2.75) is 29.2 Å². The first-order chi connectivity index (χ1) is 19.8. The van der Waals surface area contributed by atoms with Gasteiger partial charge in [0.05, 0.1) is 27.4 Å². The molecule has 208 valence electrons. The number of halogens is 1. The molecule has 2 atom stereocenters. The maximum atomic E-state index is 15.5. The molecule has 7 nitrogen and oxygen atoms in total. The molecule has 0 fully saturated rings. The number of fused-ring (bicyclic) bond motifs is 1. The van der Waals surface area contributed by atoms with Crippen molar-refractivity contribution in [2.24, 2.45) is 0 Å². The summed E-state index contributed by atoms with van der Waals surface area (Å²) >= 11 is 1.37. The lowest BCUT2D eigenvalue weighted by atomic mass is 9.84. The van der Waals surface area contributed by atoms with Crippen molar-refractivity contribution in [1.82, 2.24) is 5.32 Å². The molecule has 3 aromatic carbocycles. The standard InChI is InChI=1S/C31H24FNO6S2/c1-17-26(18(2)37-15-23-29(39-31(35)38-23)19-9-4-3-5-10-19)28(27-20(32)11-8-12-22(27)34)30-21(33-17)16-41(36)25-14-7-6-13-24(25)40-30/h3-14,28,33-34H,2,15-16H2,1H3. The summed E-state index contributed by atoms with van der Waals surface area (Å²) in [5.74, 6) is -1.75. The number of phenols is 1. The Morgan fingerprint density at radius 3 is 2.66 bits per heavy atom. The molecule has 10 heteroatoms. The van der Waals surface area contributed by atoms with Gasteiger partial charge in [0.2, 0.25) is 0 Å². The van der Waals surface area contributed by atoms with Gasteiger partial charge in [-0.05, 0) is 31.2 Å². The number of nitrogens with one attached hydrogen (secondary N) is 1. The molecule has 0 spiro atoms. The van der Waals surface area contributed by atoms with Crippen LogP contribution in [0.4, 0.5) is 4.39 Å². The smallest absolute Gasteiger partial charge is 0.508 e. The van der Waals surface area contributed by atoms with Crippen molar-refractivity contribution in [3.05, 3.63) is 135 Å². The molecule has 2 unspecified atom stereocenters. The molecule has 0 radical (unpaired) electrons. The number of hydrogen-bond donors (Lipinski definition) is 2. The summed E-state index contributed by atoms with van der Waals surface area (Å²) in [7, 11) is -1.34. The fourth-order valence-corrected chi connectivity index (χ4v) is 7.87. The van der Waals surface area contributed by atoms with Gasteiger partial charge >= 0.3 is 5.82 Å². The van der Waals surface area contributed by atoms with E-state index in [1.165, 1.54) is 30.0 Å². The Morgan fingerprint density at radius 1 is 1.12 bits per heavy atom. The lowest BCUT2D eigenvalue weighted by molar-refractivity contribution is 0.180. The van der Waals surface area contributed by atoms with E-state index < -0.39 is 28.4 Å². The molecule has 6 rings (SSSR count).